The Balaban J connectivity index is 1.46. The third-order valence-corrected chi connectivity index (χ3v) is 5.65. The highest BCUT2D eigenvalue weighted by molar-refractivity contribution is 9.10. The minimum absolute atomic E-state index is 0.0401. The molecule has 1 N–H and O–H groups in total. The largest absolute Gasteiger partial charge is 0.494 e. The molecule has 186 valence electrons. The number of halogens is 2. The summed E-state index contributed by atoms with van der Waals surface area (Å²) in [5.41, 5.74) is 4.11. The molecule has 7 nitrogen and oxygen atoms in total. The van der Waals surface area contributed by atoms with Crippen molar-refractivity contribution >= 4 is 39.0 Å². The summed E-state index contributed by atoms with van der Waals surface area (Å²) in [4.78, 5) is 12.5. The van der Waals surface area contributed by atoms with Gasteiger partial charge in [-0.1, -0.05) is 18.2 Å². The highest BCUT2D eigenvalue weighted by Crippen LogP contribution is 2.37. The molecular formula is C27H24BrFN2O5. The Hall–Kier alpha value is -3.85. The molecule has 0 aliphatic rings. The summed E-state index contributed by atoms with van der Waals surface area (Å²) in [6.07, 6.45) is 1.47. The van der Waals surface area contributed by atoms with Crippen LogP contribution in [0.25, 0.3) is 11.0 Å². The van der Waals surface area contributed by atoms with E-state index in [0.717, 1.165) is 5.39 Å². The number of carbonyl (C=O) groups is 1. The summed E-state index contributed by atoms with van der Waals surface area (Å²) in [7, 11) is 0. The van der Waals surface area contributed by atoms with Crippen LogP contribution < -0.4 is 19.6 Å². The molecule has 0 radical (unpaired) electrons. The van der Waals surface area contributed by atoms with Crippen LogP contribution in [0.4, 0.5) is 4.39 Å². The molecule has 0 aliphatic carbocycles. The molecule has 1 amide bonds. The second-order valence-electron chi connectivity index (χ2n) is 7.59. The predicted octanol–water partition coefficient (Wildman–Crippen LogP) is 6.47. The number of ether oxygens (including phenoxy) is 3. The SMILES string of the molecule is CCOc1ccc2oc(C(=O)NN=Cc3cc(Br)c(OCc4ccccc4F)c(OCC)c3)cc2c1. The molecule has 0 bridgehead atoms. The van der Waals surface area contributed by atoms with E-state index in [1.807, 2.05) is 19.9 Å². The maximum Gasteiger partial charge on any atom is 0.307 e. The van der Waals surface area contributed by atoms with E-state index < -0.39 is 5.91 Å². The zero-order valence-electron chi connectivity index (χ0n) is 19.7. The van der Waals surface area contributed by atoms with Gasteiger partial charge in [0.25, 0.3) is 0 Å². The van der Waals surface area contributed by atoms with Gasteiger partial charge < -0.3 is 18.6 Å². The van der Waals surface area contributed by atoms with Gasteiger partial charge in [0.2, 0.25) is 0 Å². The van der Waals surface area contributed by atoms with Crippen LogP contribution in [0, 0.1) is 5.82 Å². The molecule has 9 heteroatoms. The van der Waals surface area contributed by atoms with Crippen molar-refractivity contribution in [1.82, 2.24) is 5.43 Å². The maximum atomic E-state index is 14.0. The van der Waals surface area contributed by atoms with Crippen LogP contribution in [-0.2, 0) is 6.61 Å². The van der Waals surface area contributed by atoms with Gasteiger partial charge in [0.1, 0.15) is 23.8 Å². The average Bonchev–Trinajstić information content (AvgIpc) is 3.29. The number of fused-ring (bicyclic) bond motifs is 1. The molecule has 4 rings (SSSR count). The van der Waals surface area contributed by atoms with E-state index in [2.05, 4.69) is 26.5 Å². The number of rotatable bonds is 10. The number of hydrazone groups is 1. The number of carbonyl (C=O) groups excluding carboxylic acids is 1. The van der Waals surface area contributed by atoms with Crippen LogP contribution in [-0.4, -0.2) is 25.3 Å². The quantitative estimate of drug-likeness (QED) is 0.179. The first-order valence-electron chi connectivity index (χ1n) is 11.3. The Morgan fingerprint density at radius 3 is 2.64 bits per heavy atom. The second kappa shape index (κ2) is 11.7. The number of hydrogen-bond acceptors (Lipinski definition) is 6. The number of benzene rings is 3. The minimum Gasteiger partial charge on any atom is -0.494 e. The zero-order valence-corrected chi connectivity index (χ0v) is 21.3. The molecule has 0 atom stereocenters. The van der Waals surface area contributed by atoms with Gasteiger partial charge in [0, 0.05) is 10.9 Å². The molecule has 36 heavy (non-hydrogen) atoms. The van der Waals surface area contributed by atoms with Crippen LogP contribution in [0.1, 0.15) is 35.5 Å². The van der Waals surface area contributed by atoms with Crippen molar-refractivity contribution in [2.75, 3.05) is 13.2 Å². The van der Waals surface area contributed by atoms with Crippen molar-refractivity contribution < 1.29 is 27.8 Å². The first-order valence-corrected chi connectivity index (χ1v) is 12.1. The van der Waals surface area contributed by atoms with Gasteiger partial charge in [-0.05, 0) is 77.8 Å². The van der Waals surface area contributed by atoms with Gasteiger partial charge in [-0.2, -0.15) is 5.10 Å². The Bertz CT molecular complexity index is 1400. The molecule has 0 saturated carbocycles. The molecule has 0 saturated heterocycles. The summed E-state index contributed by atoms with van der Waals surface area (Å²) >= 11 is 3.48. The number of nitrogens with zero attached hydrogens (tertiary/aromatic N) is 1. The number of hydrogen-bond donors (Lipinski definition) is 1. The predicted molar refractivity (Wildman–Crippen MR) is 138 cm³/mol. The molecular weight excluding hydrogens is 531 g/mol. The van der Waals surface area contributed by atoms with Gasteiger partial charge in [-0.15, -0.1) is 0 Å². The topological polar surface area (TPSA) is 82.3 Å². The normalized spacial score (nSPS) is 11.1. The van der Waals surface area contributed by atoms with E-state index in [9.17, 15) is 9.18 Å². The summed E-state index contributed by atoms with van der Waals surface area (Å²) < 4.78 is 37.2. The summed E-state index contributed by atoms with van der Waals surface area (Å²) in [5.74, 6) is 0.893. The number of furan rings is 1. The van der Waals surface area contributed by atoms with Gasteiger partial charge in [0.15, 0.2) is 17.3 Å². The van der Waals surface area contributed by atoms with Crippen molar-refractivity contribution in [2.24, 2.45) is 5.10 Å². The van der Waals surface area contributed by atoms with Crippen molar-refractivity contribution in [3.8, 4) is 17.2 Å². The molecule has 0 fully saturated rings. The summed E-state index contributed by atoms with van der Waals surface area (Å²) in [5, 5.41) is 4.79. The lowest BCUT2D eigenvalue weighted by Crippen LogP contribution is -2.16. The standard InChI is InChI=1S/C27H24BrFN2O5/c1-3-33-20-9-10-23-19(13-20)14-25(36-23)27(32)31-30-15-17-11-21(28)26(24(12-17)34-4-2)35-16-18-7-5-6-8-22(18)29/h5-15H,3-4,16H2,1-2H3,(H,31,32). The molecule has 0 unspecified atom stereocenters. The van der Waals surface area contributed by atoms with Crippen molar-refractivity contribution in [3.63, 3.8) is 0 Å². The maximum absolute atomic E-state index is 14.0. The fraction of sp³-hybridized carbons (Fsp3) is 0.185. The van der Waals surface area contributed by atoms with Crippen LogP contribution >= 0.6 is 15.9 Å². The van der Waals surface area contributed by atoms with Crippen molar-refractivity contribution in [1.29, 1.82) is 0 Å². The highest BCUT2D eigenvalue weighted by atomic mass is 79.9. The van der Waals surface area contributed by atoms with E-state index in [1.54, 1.807) is 48.5 Å². The Morgan fingerprint density at radius 1 is 1.06 bits per heavy atom. The molecule has 1 aromatic heterocycles. The van der Waals surface area contributed by atoms with E-state index >= 15 is 0 Å². The number of amides is 1. The lowest BCUT2D eigenvalue weighted by atomic mass is 10.2. The second-order valence-corrected chi connectivity index (χ2v) is 8.44. The van der Waals surface area contributed by atoms with E-state index in [0.29, 0.717) is 51.6 Å². The van der Waals surface area contributed by atoms with Crippen LogP contribution in [0.15, 0.2) is 74.7 Å². The molecule has 0 spiro atoms. The first-order chi connectivity index (χ1) is 17.5. The van der Waals surface area contributed by atoms with E-state index in [-0.39, 0.29) is 18.2 Å². The van der Waals surface area contributed by atoms with Crippen molar-refractivity contribution in [2.45, 2.75) is 20.5 Å². The van der Waals surface area contributed by atoms with Crippen LogP contribution in [0.3, 0.4) is 0 Å². The monoisotopic (exact) mass is 554 g/mol. The number of nitrogens with one attached hydrogen (secondary N) is 1. The van der Waals surface area contributed by atoms with Gasteiger partial charge in [-0.3, -0.25) is 4.79 Å². The molecule has 1 heterocycles. The Morgan fingerprint density at radius 2 is 1.86 bits per heavy atom. The first kappa shape index (κ1) is 25.2. The molecule has 0 aliphatic heterocycles. The van der Waals surface area contributed by atoms with E-state index in [4.69, 9.17) is 18.6 Å². The van der Waals surface area contributed by atoms with Gasteiger partial charge in [0.05, 0.1) is 23.9 Å². The summed E-state index contributed by atoms with van der Waals surface area (Å²) in [6.45, 7) is 4.74. The summed E-state index contributed by atoms with van der Waals surface area (Å²) in [6, 6.07) is 16.9. The van der Waals surface area contributed by atoms with Gasteiger partial charge >= 0.3 is 5.91 Å². The smallest absolute Gasteiger partial charge is 0.307 e. The minimum atomic E-state index is -0.491. The average molecular weight is 555 g/mol. The van der Waals surface area contributed by atoms with Crippen LogP contribution in [0.2, 0.25) is 0 Å². The van der Waals surface area contributed by atoms with E-state index in [1.165, 1.54) is 12.3 Å². The third-order valence-electron chi connectivity index (χ3n) is 5.06. The van der Waals surface area contributed by atoms with Crippen LogP contribution in [0.5, 0.6) is 17.2 Å². The Labute approximate surface area is 216 Å². The molecule has 4 aromatic rings. The Kier molecular flexibility index (Phi) is 8.22. The van der Waals surface area contributed by atoms with Gasteiger partial charge in [-0.25, -0.2) is 9.82 Å². The zero-order chi connectivity index (χ0) is 25.5. The fourth-order valence-corrected chi connectivity index (χ4v) is 4.02. The van der Waals surface area contributed by atoms with Crippen molar-refractivity contribution in [3.05, 3.63) is 87.8 Å². The third kappa shape index (κ3) is 6.04. The highest BCUT2D eigenvalue weighted by Gasteiger charge is 2.14. The fourth-order valence-electron chi connectivity index (χ4n) is 3.44. The lowest BCUT2D eigenvalue weighted by molar-refractivity contribution is 0.0929. The lowest BCUT2D eigenvalue weighted by Gasteiger charge is -2.15. The molecule has 3 aromatic carbocycles.